The molecule has 0 aliphatic carbocycles. The molecule has 0 aromatic heterocycles. The minimum absolute atomic E-state index is 0.00394. The second-order valence-corrected chi connectivity index (χ2v) is 4.57. The van der Waals surface area contributed by atoms with Crippen molar-refractivity contribution in [2.24, 2.45) is 0 Å². The van der Waals surface area contributed by atoms with Crippen molar-refractivity contribution in [1.82, 2.24) is 5.32 Å². The summed E-state index contributed by atoms with van der Waals surface area (Å²) >= 11 is 0. The van der Waals surface area contributed by atoms with E-state index in [4.69, 9.17) is 4.74 Å². The molecule has 1 unspecified atom stereocenters. The van der Waals surface area contributed by atoms with Gasteiger partial charge in [0.25, 0.3) is 0 Å². The molecule has 1 rings (SSSR count). The predicted molar refractivity (Wildman–Crippen MR) is 78.3 cm³/mol. The Balaban J connectivity index is 2.89. The molecule has 3 nitrogen and oxygen atoms in total. The molecular formula is C15H25FN2O. The van der Waals surface area contributed by atoms with E-state index in [9.17, 15) is 4.39 Å². The van der Waals surface area contributed by atoms with E-state index in [1.807, 2.05) is 38.8 Å². The first-order valence-electron chi connectivity index (χ1n) is 6.92. The number of benzene rings is 1. The largest absolute Gasteiger partial charge is 0.380 e. The van der Waals surface area contributed by atoms with Crippen LogP contribution in [-0.2, 0) is 4.74 Å². The molecule has 0 bridgehead atoms. The third-order valence-electron chi connectivity index (χ3n) is 3.16. The normalized spacial score (nSPS) is 12.5. The Morgan fingerprint density at radius 2 is 2.11 bits per heavy atom. The van der Waals surface area contributed by atoms with Crippen molar-refractivity contribution in [3.8, 4) is 0 Å². The first-order valence-corrected chi connectivity index (χ1v) is 6.92. The molecule has 4 heteroatoms. The van der Waals surface area contributed by atoms with Crippen LogP contribution in [0.5, 0.6) is 0 Å². The van der Waals surface area contributed by atoms with Crippen LogP contribution < -0.4 is 10.2 Å². The van der Waals surface area contributed by atoms with Crippen molar-refractivity contribution in [1.29, 1.82) is 0 Å². The van der Waals surface area contributed by atoms with Crippen LogP contribution in [0.1, 0.15) is 32.4 Å². The third kappa shape index (κ3) is 4.48. The summed E-state index contributed by atoms with van der Waals surface area (Å²) in [5.41, 5.74) is 1.65. The number of anilines is 1. The molecule has 19 heavy (non-hydrogen) atoms. The number of nitrogens with zero attached hydrogens (tertiary/aromatic N) is 1. The van der Waals surface area contributed by atoms with E-state index < -0.39 is 0 Å². The highest BCUT2D eigenvalue weighted by Crippen LogP contribution is 2.28. The molecule has 0 saturated heterocycles. The average molecular weight is 268 g/mol. The summed E-state index contributed by atoms with van der Waals surface area (Å²) in [6, 6.07) is 5.22. The van der Waals surface area contributed by atoms with Gasteiger partial charge in [-0.05, 0) is 32.5 Å². The molecular weight excluding hydrogens is 243 g/mol. The minimum Gasteiger partial charge on any atom is -0.380 e. The number of rotatable bonds is 8. The van der Waals surface area contributed by atoms with Gasteiger partial charge in [-0.25, -0.2) is 4.39 Å². The molecule has 0 aliphatic heterocycles. The van der Waals surface area contributed by atoms with Gasteiger partial charge >= 0.3 is 0 Å². The fraction of sp³-hybridized carbons (Fsp3) is 0.600. The van der Waals surface area contributed by atoms with Crippen LogP contribution in [0.4, 0.5) is 10.1 Å². The molecule has 1 atom stereocenters. The molecule has 0 spiro atoms. The summed E-state index contributed by atoms with van der Waals surface area (Å²) in [5, 5.41) is 3.27. The van der Waals surface area contributed by atoms with Gasteiger partial charge in [0.05, 0.1) is 6.61 Å². The van der Waals surface area contributed by atoms with E-state index >= 15 is 0 Å². The Kier molecular flexibility index (Phi) is 6.81. The lowest BCUT2D eigenvalue weighted by Crippen LogP contribution is -2.27. The molecule has 1 aromatic carbocycles. The molecule has 0 heterocycles. The van der Waals surface area contributed by atoms with Gasteiger partial charge in [0.1, 0.15) is 5.82 Å². The minimum atomic E-state index is -0.158. The highest BCUT2D eigenvalue weighted by molar-refractivity contribution is 5.55. The van der Waals surface area contributed by atoms with Crippen LogP contribution in [0.2, 0.25) is 0 Å². The highest BCUT2D eigenvalue weighted by Gasteiger charge is 2.17. The lowest BCUT2D eigenvalue weighted by Gasteiger charge is -2.25. The second kappa shape index (κ2) is 8.12. The van der Waals surface area contributed by atoms with Crippen LogP contribution in [0.3, 0.4) is 0 Å². The Morgan fingerprint density at radius 3 is 2.74 bits per heavy atom. The zero-order valence-corrected chi connectivity index (χ0v) is 12.4. The molecule has 0 radical (unpaired) electrons. The summed E-state index contributed by atoms with van der Waals surface area (Å²) in [6.45, 7) is 8.91. The van der Waals surface area contributed by atoms with Gasteiger partial charge in [-0.1, -0.05) is 13.0 Å². The lowest BCUT2D eigenvalue weighted by molar-refractivity contribution is 0.154. The van der Waals surface area contributed by atoms with E-state index in [2.05, 4.69) is 5.32 Å². The van der Waals surface area contributed by atoms with Gasteiger partial charge in [0.15, 0.2) is 0 Å². The van der Waals surface area contributed by atoms with E-state index in [0.717, 1.165) is 24.3 Å². The Hall–Kier alpha value is -1.13. The van der Waals surface area contributed by atoms with Crippen molar-refractivity contribution in [2.75, 3.05) is 38.3 Å². The number of hydrogen-bond donors (Lipinski definition) is 1. The Labute approximate surface area is 115 Å². The number of halogens is 1. The maximum Gasteiger partial charge on any atom is 0.130 e. The molecule has 1 aromatic rings. The van der Waals surface area contributed by atoms with Crippen LogP contribution in [-0.4, -0.2) is 33.4 Å². The van der Waals surface area contributed by atoms with Crippen molar-refractivity contribution < 1.29 is 9.13 Å². The fourth-order valence-electron chi connectivity index (χ4n) is 2.16. The molecule has 0 amide bonds. The van der Waals surface area contributed by atoms with Gasteiger partial charge in [-0.2, -0.15) is 0 Å². The van der Waals surface area contributed by atoms with Crippen molar-refractivity contribution >= 4 is 5.69 Å². The molecule has 1 N–H and O–H groups in total. The monoisotopic (exact) mass is 268 g/mol. The summed E-state index contributed by atoms with van der Waals surface area (Å²) in [5.74, 6) is -0.158. The van der Waals surface area contributed by atoms with E-state index in [0.29, 0.717) is 13.2 Å². The van der Waals surface area contributed by atoms with Gasteiger partial charge in [0.2, 0.25) is 0 Å². The average Bonchev–Trinajstić information content (AvgIpc) is 2.38. The van der Waals surface area contributed by atoms with Gasteiger partial charge in [-0.15, -0.1) is 0 Å². The quantitative estimate of drug-likeness (QED) is 0.734. The van der Waals surface area contributed by atoms with E-state index in [1.54, 1.807) is 6.07 Å². The van der Waals surface area contributed by atoms with Crippen LogP contribution >= 0.6 is 0 Å². The van der Waals surface area contributed by atoms with Gasteiger partial charge in [0, 0.05) is 37.5 Å². The van der Waals surface area contributed by atoms with Crippen LogP contribution in [0.15, 0.2) is 18.2 Å². The lowest BCUT2D eigenvalue weighted by atomic mass is 10.0. The molecule has 0 saturated carbocycles. The van der Waals surface area contributed by atoms with E-state index in [-0.39, 0.29) is 11.9 Å². The van der Waals surface area contributed by atoms with Crippen molar-refractivity contribution in [3.63, 3.8) is 0 Å². The standard InChI is InChI=1S/C15H25FN2O/c1-5-17-12(3)15-13(16)8-7-9-14(15)18(4)10-11-19-6-2/h7-9,12,17H,5-6,10-11H2,1-4H3. The topological polar surface area (TPSA) is 24.5 Å². The maximum atomic E-state index is 14.1. The smallest absolute Gasteiger partial charge is 0.130 e. The van der Waals surface area contributed by atoms with Gasteiger partial charge < -0.3 is 15.0 Å². The number of hydrogen-bond acceptors (Lipinski definition) is 3. The zero-order chi connectivity index (χ0) is 14.3. The molecule has 108 valence electrons. The Bertz CT molecular complexity index is 384. The van der Waals surface area contributed by atoms with Crippen molar-refractivity contribution in [2.45, 2.75) is 26.8 Å². The molecule has 0 aliphatic rings. The van der Waals surface area contributed by atoms with Crippen LogP contribution in [0, 0.1) is 5.82 Å². The van der Waals surface area contributed by atoms with Gasteiger partial charge in [-0.3, -0.25) is 0 Å². The SMILES string of the molecule is CCNC(C)c1c(F)cccc1N(C)CCOCC. The number of likely N-dealkylation sites (N-methyl/N-ethyl adjacent to an activating group) is 1. The Morgan fingerprint density at radius 1 is 1.37 bits per heavy atom. The summed E-state index contributed by atoms with van der Waals surface area (Å²) in [4.78, 5) is 2.04. The first kappa shape index (κ1) is 15.9. The van der Waals surface area contributed by atoms with Crippen molar-refractivity contribution in [3.05, 3.63) is 29.6 Å². The number of nitrogens with one attached hydrogen (secondary N) is 1. The zero-order valence-electron chi connectivity index (χ0n) is 12.4. The summed E-state index contributed by atoms with van der Waals surface area (Å²) in [7, 11) is 1.97. The predicted octanol–water partition coefficient (Wildman–Crippen LogP) is 2.97. The third-order valence-corrected chi connectivity index (χ3v) is 3.16. The number of ether oxygens (including phenoxy) is 1. The van der Waals surface area contributed by atoms with E-state index in [1.165, 1.54) is 6.07 Å². The maximum absolute atomic E-state index is 14.1. The summed E-state index contributed by atoms with van der Waals surface area (Å²) in [6.07, 6.45) is 0. The second-order valence-electron chi connectivity index (χ2n) is 4.57. The fourth-order valence-corrected chi connectivity index (χ4v) is 2.16. The molecule has 0 fully saturated rings. The summed E-state index contributed by atoms with van der Waals surface area (Å²) < 4.78 is 19.4. The van der Waals surface area contributed by atoms with Crippen LogP contribution in [0.25, 0.3) is 0 Å². The highest BCUT2D eigenvalue weighted by atomic mass is 19.1. The first-order chi connectivity index (χ1) is 9.11.